The number of nitrogens with zero attached hydrogens (tertiary/aromatic N) is 1. The molecule has 0 radical (unpaired) electrons. The topological polar surface area (TPSA) is 46.3 Å². The van der Waals surface area contributed by atoms with Crippen LogP contribution in [0.4, 0.5) is 5.69 Å². The van der Waals surface area contributed by atoms with Crippen molar-refractivity contribution in [3.63, 3.8) is 0 Å². The third-order valence-electron chi connectivity index (χ3n) is 4.27. The maximum absolute atomic E-state index is 12.9. The van der Waals surface area contributed by atoms with Gasteiger partial charge >= 0.3 is 0 Å². The lowest BCUT2D eigenvalue weighted by Gasteiger charge is -2.26. The standard InChI is InChI=1S/C18H19ClN2O.ClH/c1-12-8-9-13(20)11-15(12)18(22)21-10-4-7-17(21)14-5-2-3-6-16(14)19;/h2-3,5-6,8-9,11,17H,4,7,10,20H2,1H3;1H. The van der Waals surface area contributed by atoms with Crippen LogP contribution in [-0.4, -0.2) is 17.4 Å². The van der Waals surface area contributed by atoms with Crippen molar-refractivity contribution in [1.82, 2.24) is 4.90 Å². The van der Waals surface area contributed by atoms with Crippen molar-refractivity contribution in [2.75, 3.05) is 12.3 Å². The van der Waals surface area contributed by atoms with Gasteiger partial charge in [0.05, 0.1) is 6.04 Å². The van der Waals surface area contributed by atoms with Crippen LogP contribution in [0.3, 0.4) is 0 Å². The minimum atomic E-state index is 0. The molecule has 1 saturated heterocycles. The lowest BCUT2D eigenvalue weighted by Crippen LogP contribution is -2.31. The van der Waals surface area contributed by atoms with Crippen molar-refractivity contribution in [3.05, 3.63) is 64.2 Å². The van der Waals surface area contributed by atoms with Gasteiger partial charge in [0.15, 0.2) is 0 Å². The molecule has 5 heteroatoms. The molecule has 1 amide bonds. The van der Waals surface area contributed by atoms with Gasteiger partial charge in [-0.2, -0.15) is 0 Å². The lowest BCUT2D eigenvalue weighted by molar-refractivity contribution is 0.0735. The number of nitrogens with two attached hydrogens (primary N) is 1. The zero-order valence-electron chi connectivity index (χ0n) is 13.0. The summed E-state index contributed by atoms with van der Waals surface area (Å²) in [6, 6.07) is 13.3. The number of amides is 1. The summed E-state index contributed by atoms with van der Waals surface area (Å²) in [5, 5.41) is 0.719. The maximum atomic E-state index is 12.9. The van der Waals surface area contributed by atoms with Crippen molar-refractivity contribution in [2.24, 2.45) is 0 Å². The second kappa shape index (κ2) is 7.24. The van der Waals surface area contributed by atoms with E-state index in [9.17, 15) is 4.79 Å². The van der Waals surface area contributed by atoms with Crippen LogP contribution < -0.4 is 5.73 Å². The highest BCUT2D eigenvalue weighted by Crippen LogP contribution is 2.36. The number of anilines is 1. The Kier molecular flexibility index (Phi) is 5.55. The minimum absolute atomic E-state index is 0. The first-order chi connectivity index (χ1) is 10.6. The average Bonchev–Trinajstić information content (AvgIpc) is 2.99. The molecule has 0 aliphatic carbocycles. The van der Waals surface area contributed by atoms with E-state index in [2.05, 4.69) is 0 Å². The Balaban J connectivity index is 0.00000192. The zero-order chi connectivity index (χ0) is 15.7. The van der Waals surface area contributed by atoms with Crippen LogP contribution in [0.15, 0.2) is 42.5 Å². The molecule has 23 heavy (non-hydrogen) atoms. The van der Waals surface area contributed by atoms with Gasteiger partial charge in [-0.1, -0.05) is 35.9 Å². The van der Waals surface area contributed by atoms with Gasteiger partial charge in [-0.05, 0) is 49.1 Å². The Morgan fingerprint density at radius 3 is 2.74 bits per heavy atom. The van der Waals surface area contributed by atoms with Gasteiger partial charge in [0.2, 0.25) is 0 Å². The Morgan fingerprint density at radius 1 is 1.26 bits per heavy atom. The monoisotopic (exact) mass is 350 g/mol. The van der Waals surface area contributed by atoms with Crippen LogP contribution in [0.1, 0.15) is 40.4 Å². The Labute approximate surface area is 147 Å². The molecule has 3 nitrogen and oxygen atoms in total. The number of hydrogen-bond donors (Lipinski definition) is 1. The second-order valence-electron chi connectivity index (χ2n) is 5.75. The zero-order valence-corrected chi connectivity index (χ0v) is 14.5. The normalized spacial score (nSPS) is 17.0. The van der Waals surface area contributed by atoms with Gasteiger partial charge in [-0.25, -0.2) is 0 Å². The van der Waals surface area contributed by atoms with E-state index in [0.717, 1.165) is 35.5 Å². The van der Waals surface area contributed by atoms with Crippen molar-refractivity contribution in [2.45, 2.75) is 25.8 Å². The van der Waals surface area contributed by atoms with Crippen LogP contribution in [0, 0.1) is 6.92 Å². The molecule has 1 aliphatic heterocycles. The largest absolute Gasteiger partial charge is 0.399 e. The maximum Gasteiger partial charge on any atom is 0.254 e. The number of hydrogen-bond acceptors (Lipinski definition) is 2. The molecule has 1 heterocycles. The minimum Gasteiger partial charge on any atom is -0.399 e. The average molecular weight is 351 g/mol. The van der Waals surface area contributed by atoms with E-state index in [-0.39, 0.29) is 24.4 Å². The third-order valence-corrected chi connectivity index (χ3v) is 4.61. The van der Waals surface area contributed by atoms with Gasteiger partial charge in [-0.15, -0.1) is 12.4 Å². The van der Waals surface area contributed by atoms with Crippen LogP contribution in [0.25, 0.3) is 0 Å². The fourth-order valence-corrected chi connectivity index (χ4v) is 3.36. The van der Waals surface area contributed by atoms with E-state index in [1.807, 2.05) is 48.2 Å². The number of halogens is 2. The number of aryl methyl sites for hydroxylation is 1. The molecule has 2 aromatic carbocycles. The Morgan fingerprint density at radius 2 is 2.00 bits per heavy atom. The van der Waals surface area contributed by atoms with E-state index >= 15 is 0 Å². The highest BCUT2D eigenvalue weighted by molar-refractivity contribution is 6.31. The summed E-state index contributed by atoms with van der Waals surface area (Å²) in [6.45, 7) is 2.69. The first kappa shape index (κ1) is 17.6. The predicted octanol–water partition coefficient (Wildman–Crippen LogP) is 4.63. The Bertz CT molecular complexity index is 718. The van der Waals surface area contributed by atoms with Gasteiger partial charge in [0.25, 0.3) is 5.91 Å². The molecule has 0 spiro atoms. The SMILES string of the molecule is Cc1ccc(N)cc1C(=O)N1CCCC1c1ccccc1Cl.Cl. The molecular weight excluding hydrogens is 331 g/mol. The fourth-order valence-electron chi connectivity index (χ4n) is 3.10. The number of likely N-dealkylation sites (tertiary alicyclic amines) is 1. The van der Waals surface area contributed by atoms with Crippen molar-refractivity contribution >= 4 is 35.6 Å². The molecule has 0 bridgehead atoms. The van der Waals surface area contributed by atoms with Crippen LogP contribution >= 0.6 is 24.0 Å². The van der Waals surface area contributed by atoms with Crippen LogP contribution in [-0.2, 0) is 0 Å². The summed E-state index contributed by atoms with van der Waals surface area (Å²) < 4.78 is 0. The Hall–Kier alpha value is -1.71. The number of nitrogen functional groups attached to an aromatic ring is 1. The lowest BCUT2D eigenvalue weighted by atomic mass is 10.0. The first-order valence-corrected chi connectivity index (χ1v) is 7.87. The number of rotatable bonds is 2. The number of carbonyl (C=O) groups excluding carboxylic acids is 1. The molecule has 1 unspecified atom stereocenters. The second-order valence-corrected chi connectivity index (χ2v) is 6.16. The van der Waals surface area contributed by atoms with Crippen molar-refractivity contribution in [3.8, 4) is 0 Å². The molecule has 2 aromatic rings. The van der Waals surface area contributed by atoms with Crippen molar-refractivity contribution < 1.29 is 4.79 Å². The summed E-state index contributed by atoms with van der Waals surface area (Å²) in [5.41, 5.74) is 9.11. The quantitative estimate of drug-likeness (QED) is 0.802. The predicted molar refractivity (Wildman–Crippen MR) is 97.3 cm³/mol. The molecule has 1 aliphatic rings. The molecule has 0 aromatic heterocycles. The van der Waals surface area contributed by atoms with Gasteiger partial charge in [0.1, 0.15) is 0 Å². The van der Waals surface area contributed by atoms with Gasteiger partial charge < -0.3 is 10.6 Å². The molecule has 122 valence electrons. The summed E-state index contributed by atoms with van der Waals surface area (Å²) in [5.74, 6) is 0.0345. The van der Waals surface area contributed by atoms with Gasteiger partial charge in [0, 0.05) is 22.8 Å². The van der Waals surface area contributed by atoms with E-state index in [4.69, 9.17) is 17.3 Å². The van der Waals surface area contributed by atoms with Gasteiger partial charge in [-0.3, -0.25) is 4.79 Å². The molecule has 1 atom stereocenters. The molecule has 3 rings (SSSR count). The highest BCUT2D eigenvalue weighted by Gasteiger charge is 2.32. The summed E-state index contributed by atoms with van der Waals surface area (Å²) in [6.07, 6.45) is 1.93. The van der Waals surface area contributed by atoms with Crippen molar-refractivity contribution in [1.29, 1.82) is 0 Å². The summed E-state index contributed by atoms with van der Waals surface area (Å²) in [4.78, 5) is 14.9. The smallest absolute Gasteiger partial charge is 0.254 e. The fraction of sp³-hybridized carbons (Fsp3) is 0.278. The van der Waals surface area contributed by atoms with E-state index < -0.39 is 0 Å². The molecule has 0 saturated carbocycles. The van der Waals surface area contributed by atoms with Crippen LogP contribution in [0.5, 0.6) is 0 Å². The van der Waals surface area contributed by atoms with E-state index in [1.54, 1.807) is 6.07 Å². The van der Waals surface area contributed by atoms with E-state index in [1.165, 1.54) is 0 Å². The third kappa shape index (κ3) is 3.46. The highest BCUT2D eigenvalue weighted by atomic mass is 35.5. The molecule has 1 fully saturated rings. The van der Waals surface area contributed by atoms with Crippen LogP contribution in [0.2, 0.25) is 5.02 Å². The number of carbonyl (C=O) groups is 1. The first-order valence-electron chi connectivity index (χ1n) is 7.49. The molecule has 2 N–H and O–H groups in total. The van der Waals surface area contributed by atoms with E-state index in [0.29, 0.717) is 11.3 Å². The number of benzene rings is 2. The molecular formula is C18H20Cl2N2O. The summed E-state index contributed by atoms with van der Waals surface area (Å²) >= 11 is 6.32. The summed E-state index contributed by atoms with van der Waals surface area (Å²) in [7, 11) is 0.